The minimum absolute atomic E-state index is 0.257. The molecule has 2 aromatic carbocycles. The minimum atomic E-state index is 0.257. The maximum Gasteiger partial charge on any atom is 0.223 e. The van der Waals surface area contributed by atoms with Gasteiger partial charge in [0, 0.05) is 43.3 Å². The first kappa shape index (κ1) is 18.8. The molecule has 4 heteroatoms. The van der Waals surface area contributed by atoms with Gasteiger partial charge in [0.25, 0.3) is 0 Å². The Morgan fingerprint density at radius 3 is 2.31 bits per heavy atom. The molecule has 1 heterocycles. The smallest absolute Gasteiger partial charge is 0.223 e. The van der Waals surface area contributed by atoms with Crippen LogP contribution in [0.4, 0.5) is 5.69 Å². The van der Waals surface area contributed by atoms with Crippen LogP contribution >= 0.6 is 11.6 Å². The summed E-state index contributed by atoms with van der Waals surface area (Å²) in [5.41, 5.74) is 4.99. The zero-order chi connectivity index (χ0) is 18.5. The van der Waals surface area contributed by atoms with Crippen LogP contribution in [0.25, 0.3) is 0 Å². The number of hydrogen-bond donors (Lipinski definition) is 0. The number of anilines is 1. The van der Waals surface area contributed by atoms with Gasteiger partial charge < -0.3 is 9.80 Å². The summed E-state index contributed by atoms with van der Waals surface area (Å²) in [7, 11) is 0. The summed E-state index contributed by atoms with van der Waals surface area (Å²) in [6.07, 6.45) is 2.45. The van der Waals surface area contributed by atoms with Crippen molar-refractivity contribution >= 4 is 23.2 Å². The zero-order valence-electron chi connectivity index (χ0n) is 15.7. The molecule has 0 bridgehead atoms. The quantitative estimate of drug-likeness (QED) is 0.774. The molecule has 1 fully saturated rings. The molecule has 0 aromatic heterocycles. The number of benzene rings is 2. The standard InChI is InChI=1S/C22H27ClN2O/c1-3-18-5-7-19(8-6-18)9-11-22(26)25-14-12-24(13-15-25)21-16-20(23)10-4-17(21)2/h4-8,10,16H,3,9,11-15H2,1-2H3. The number of rotatable bonds is 5. The van der Waals surface area contributed by atoms with Gasteiger partial charge in [-0.25, -0.2) is 0 Å². The van der Waals surface area contributed by atoms with Gasteiger partial charge in [-0.2, -0.15) is 0 Å². The first-order valence-electron chi connectivity index (χ1n) is 9.43. The van der Waals surface area contributed by atoms with Crippen molar-refractivity contribution in [2.75, 3.05) is 31.1 Å². The van der Waals surface area contributed by atoms with Crippen LogP contribution in [0.2, 0.25) is 5.02 Å². The Labute approximate surface area is 161 Å². The second-order valence-electron chi connectivity index (χ2n) is 6.97. The number of amides is 1. The molecular formula is C22H27ClN2O. The summed E-state index contributed by atoms with van der Waals surface area (Å²) in [6, 6.07) is 14.6. The van der Waals surface area contributed by atoms with Crippen LogP contribution in [0, 0.1) is 6.92 Å². The highest BCUT2D eigenvalue weighted by molar-refractivity contribution is 6.30. The number of aryl methyl sites for hydroxylation is 3. The first-order valence-corrected chi connectivity index (χ1v) is 9.81. The Balaban J connectivity index is 1.50. The van der Waals surface area contributed by atoms with Gasteiger partial charge in [-0.15, -0.1) is 0 Å². The van der Waals surface area contributed by atoms with Crippen molar-refractivity contribution in [1.29, 1.82) is 0 Å². The van der Waals surface area contributed by atoms with Gasteiger partial charge in [0.1, 0.15) is 0 Å². The maximum absolute atomic E-state index is 12.5. The molecule has 1 amide bonds. The van der Waals surface area contributed by atoms with Crippen LogP contribution in [-0.4, -0.2) is 37.0 Å². The zero-order valence-corrected chi connectivity index (χ0v) is 16.4. The van der Waals surface area contributed by atoms with E-state index in [0.29, 0.717) is 6.42 Å². The number of piperazine rings is 1. The highest BCUT2D eigenvalue weighted by Crippen LogP contribution is 2.25. The highest BCUT2D eigenvalue weighted by atomic mass is 35.5. The number of carbonyl (C=O) groups excluding carboxylic acids is 1. The number of carbonyl (C=O) groups is 1. The summed E-state index contributed by atoms with van der Waals surface area (Å²) in [5, 5.41) is 0.762. The molecule has 2 aromatic rings. The van der Waals surface area contributed by atoms with E-state index in [0.717, 1.165) is 44.0 Å². The minimum Gasteiger partial charge on any atom is -0.368 e. The summed E-state index contributed by atoms with van der Waals surface area (Å²) < 4.78 is 0. The second kappa shape index (κ2) is 8.59. The summed E-state index contributed by atoms with van der Waals surface area (Å²) in [5.74, 6) is 0.257. The molecule has 0 saturated carbocycles. The summed E-state index contributed by atoms with van der Waals surface area (Å²) in [4.78, 5) is 16.9. The third-order valence-electron chi connectivity index (χ3n) is 5.20. The summed E-state index contributed by atoms with van der Waals surface area (Å²) in [6.45, 7) is 7.53. The van der Waals surface area contributed by atoms with Gasteiger partial charge in [0.2, 0.25) is 5.91 Å². The van der Waals surface area contributed by atoms with Crippen LogP contribution in [0.5, 0.6) is 0 Å². The molecule has 0 radical (unpaired) electrons. The molecule has 0 spiro atoms. The van der Waals surface area contributed by atoms with Gasteiger partial charge in [-0.05, 0) is 48.6 Å². The van der Waals surface area contributed by atoms with Gasteiger partial charge in [0.15, 0.2) is 0 Å². The maximum atomic E-state index is 12.5. The van der Waals surface area contributed by atoms with E-state index >= 15 is 0 Å². The van der Waals surface area contributed by atoms with Gasteiger partial charge in [-0.3, -0.25) is 4.79 Å². The lowest BCUT2D eigenvalue weighted by atomic mass is 10.1. The highest BCUT2D eigenvalue weighted by Gasteiger charge is 2.22. The predicted molar refractivity (Wildman–Crippen MR) is 109 cm³/mol. The van der Waals surface area contributed by atoms with Crippen molar-refractivity contribution in [1.82, 2.24) is 4.90 Å². The van der Waals surface area contributed by atoms with Crippen molar-refractivity contribution in [2.24, 2.45) is 0 Å². The van der Waals surface area contributed by atoms with Crippen molar-refractivity contribution in [3.63, 3.8) is 0 Å². The number of nitrogens with zero attached hydrogens (tertiary/aromatic N) is 2. The third-order valence-corrected chi connectivity index (χ3v) is 5.44. The molecule has 3 rings (SSSR count). The molecular weight excluding hydrogens is 344 g/mol. The van der Waals surface area contributed by atoms with Crippen LogP contribution < -0.4 is 4.90 Å². The monoisotopic (exact) mass is 370 g/mol. The topological polar surface area (TPSA) is 23.6 Å². The molecule has 0 N–H and O–H groups in total. The number of hydrogen-bond acceptors (Lipinski definition) is 2. The van der Waals surface area contributed by atoms with Crippen LogP contribution in [0.1, 0.15) is 30.0 Å². The van der Waals surface area contributed by atoms with E-state index in [1.54, 1.807) is 0 Å². The van der Waals surface area contributed by atoms with Crippen molar-refractivity contribution < 1.29 is 4.79 Å². The molecule has 1 aliphatic rings. The second-order valence-corrected chi connectivity index (χ2v) is 7.41. The number of halogens is 1. The fourth-order valence-corrected chi connectivity index (χ4v) is 3.64. The third kappa shape index (κ3) is 4.59. The molecule has 1 saturated heterocycles. The lowest BCUT2D eigenvalue weighted by molar-refractivity contribution is -0.131. The molecule has 0 aliphatic carbocycles. The Morgan fingerprint density at radius 1 is 1.00 bits per heavy atom. The largest absolute Gasteiger partial charge is 0.368 e. The van der Waals surface area contributed by atoms with E-state index < -0.39 is 0 Å². The van der Waals surface area contributed by atoms with E-state index in [2.05, 4.69) is 49.1 Å². The molecule has 1 aliphatic heterocycles. The van der Waals surface area contributed by atoms with Crippen LogP contribution in [-0.2, 0) is 17.6 Å². The van der Waals surface area contributed by atoms with E-state index in [1.165, 1.54) is 22.4 Å². The molecule has 138 valence electrons. The Hall–Kier alpha value is -2.00. The van der Waals surface area contributed by atoms with E-state index in [4.69, 9.17) is 11.6 Å². The van der Waals surface area contributed by atoms with Gasteiger partial charge in [0.05, 0.1) is 0 Å². The average Bonchev–Trinajstić information content (AvgIpc) is 2.68. The molecule has 3 nitrogen and oxygen atoms in total. The fraction of sp³-hybridized carbons (Fsp3) is 0.409. The average molecular weight is 371 g/mol. The van der Waals surface area contributed by atoms with Crippen molar-refractivity contribution in [3.8, 4) is 0 Å². The normalized spacial score (nSPS) is 14.6. The van der Waals surface area contributed by atoms with Crippen molar-refractivity contribution in [3.05, 3.63) is 64.2 Å². The lowest BCUT2D eigenvalue weighted by Gasteiger charge is -2.37. The molecule has 0 atom stereocenters. The fourth-order valence-electron chi connectivity index (χ4n) is 3.47. The van der Waals surface area contributed by atoms with Crippen molar-refractivity contribution in [2.45, 2.75) is 33.1 Å². The molecule has 26 heavy (non-hydrogen) atoms. The molecule has 0 unspecified atom stereocenters. The predicted octanol–water partition coefficient (Wildman–Crippen LogP) is 4.49. The Morgan fingerprint density at radius 2 is 1.65 bits per heavy atom. The van der Waals surface area contributed by atoms with E-state index in [1.807, 2.05) is 17.0 Å². The van der Waals surface area contributed by atoms with E-state index in [-0.39, 0.29) is 5.91 Å². The Kier molecular flexibility index (Phi) is 6.20. The Bertz CT molecular complexity index is 749. The lowest BCUT2D eigenvalue weighted by Crippen LogP contribution is -2.49. The summed E-state index contributed by atoms with van der Waals surface area (Å²) >= 11 is 6.14. The van der Waals surface area contributed by atoms with E-state index in [9.17, 15) is 4.79 Å². The van der Waals surface area contributed by atoms with Gasteiger partial charge >= 0.3 is 0 Å². The van der Waals surface area contributed by atoms with Gasteiger partial charge in [-0.1, -0.05) is 48.9 Å². The van der Waals surface area contributed by atoms with Crippen LogP contribution in [0.3, 0.4) is 0 Å². The SMILES string of the molecule is CCc1ccc(CCC(=O)N2CCN(c3cc(Cl)ccc3C)CC2)cc1. The first-order chi connectivity index (χ1) is 12.6. The van der Waals surface area contributed by atoms with Crippen LogP contribution in [0.15, 0.2) is 42.5 Å².